The van der Waals surface area contributed by atoms with Gasteiger partial charge in [0.1, 0.15) is 6.04 Å². The summed E-state index contributed by atoms with van der Waals surface area (Å²) in [5, 5.41) is 0. The summed E-state index contributed by atoms with van der Waals surface area (Å²) in [6.45, 7) is 4.75. The number of nitrogens with two attached hydrogens (primary N) is 1. The zero-order valence-electron chi connectivity index (χ0n) is 13.0. The highest BCUT2D eigenvalue weighted by Crippen LogP contribution is 2.21. The number of hydrogen-bond donors (Lipinski definition) is 1. The van der Waals surface area contributed by atoms with Gasteiger partial charge in [0.15, 0.2) is 0 Å². The summed E-state index contributed by atoms with van der Waals surface area (Å²) in [5.41, 5.74) is 6.85. The van der Waals surface area contributed by atoms with Gasteiger partial charge in [0.25, 0.3) is 0 Å². The standard InChI is InChI=1S/C15H26N2O3S/c1-3-17(12-8-6-5-7-9-12)14(18)11-21-10-13(16)15(19)20-4-2/h8,13H,3-7,9-11,16H2,1-2H3. The first kappa shape index (κ1) is 18.0. The van der Waals surface area contributed by atoms with Crippen molar-refractivity contribution in [1.29, 1.82) is 0 Å². The topological polar surface area (TPSA) is 72.6 Å². The number of carbonyl (C=O) groups is 2. The molecule has 0 heterocycles. The molecule has 1 rings (SSSR count). The predicted molar refractivity (Wildman–Crippen MR) is 85.9 cm³/mol. The highest BCUT2D eigenvalue weighted by Gasteiger charge is 2.19. The minimum absolute atomic E-state index is 0.0895. The molecule has 120 valence electrons. The van der Waals surface area contributed by atoms with Crippen LogP contribution in [0.2, 0.25) is 0 Å². The first-order valence-electron chi connectivity index (χ1n) is 7.59. The number of ether oxygens (including phenoxy) is 1. The van der Waals surface area contributed by atoms with Crippen LogP contribution in [0.15, 0.2) is 11.8 Å². The van der Waals surface area contributed by atoms with Crippen molar-refractivity contribution in [1.82, 2.24) is 4.90 Å². The number of hydrogen-bond acceptors (Lipinski definition) is 5. The van der Waals surface area contributed by atoms with E-state index in [0.29, 0.717) is 24.7 Å². The van der Waals surface area contributed by atoms with E-state index >= 15 is 0 Å². The third kappa shape index (κ3) is 6.09. The average molecular weight is 314 g/mol. The maximum absolute atomic E-state index is 12.3. The Hall–Kier alpha value is -1.01. The molecule has 1 aliphatic rings. The van der Waals surface area contributed by atoms with Gasteiger partial charge in [-0.15, -0.1) is 11.8 Å². The number of allylic oxidation sites excluding steroid dienone is 2. The van der Waals surface area contributed by atoms with Gasteiger partial charge < -0.3 is 15.4 Å². The van der Waals surface area contributed by atoms with Crippen LogP contribution in [0.4, 0.5) is 0 Å². The Balaban J connectivity index is 2.37. The van der Waals surface area contributed by atoms with Crippen molar-refractivity contribution in [3.8, 4) is 0 Å². The molecule has 6 heteroatoms. The summed E-state index contributed by atoms with van der Waals surface area (Å²) in [4.78, 5) is 25.5. The van der Waals surface area contributed by atoms with Gasteiger partial charge in [-0.2, -0.15) is 0 Å². The van der Waals surface area contributed by atoms with E-state index < -0.39 is 12.0 Å². The van der Waals surface area contributed by atoms with Gasteiger partial charge in [0.2, 0.25) is 5.91 Å². The zero-order valence-corrected chi connectivity index (χ0v) is 13.8. The maximum Gasteiger partial charge on any atom is 0.323 e. The third-order valence-corrected chi connectivity index (χ3v) is 4.39. The van der Waals surface area contributed by atoms with Crippen LogP contribution in [-0.4, -0.2) is 47.5 Å². The van der Waals surface area contributed by atoms with E-state index in [2.05, 4.69) is 6.08 Å². The van der Waals surface area contributed by atoms with Crippen molar-refractivity contribution in [2.75, 3.05) is 24.7 Å². The van der Waals surface area contributed by atoms with Crippen molar-refractivity contribution >= 4 is 23.6 Å². The van der Waals surface area contributed by atoms with Crippen molar-refractivity contribution in [3.63, 3.8) is 0 Å². The molecule has 0 bridgehead atoms. The summed E-state index contributed by atoms with van der Waals surface area (Å²) >= 11 is 1.39. The summed E-state index contributed by atoms with van der Waals surface area (Å²) in [6, 6.07) is -0.660. The summed E-state index contributed by atoms with van der Waals surface area (Å²) in [5.74, 6) is 0.436. The smallest absolute Gasteiger partial charge is 0.323 e. The molecule has 0 radical (unpaired) electrons. The summed E-state index contributed by atoms with van der Waals surface area (Å²) < 4.78 is 4.84. The second kappa shape index (κ2) is 9.84. The second-order valence-corrected chi connectivity index (χ2v) is 5.98. The van der Waals surface area contributed by atoms with Crippen LogP contribution < -0.4 is 5.73 Å². The van der Waals surface area contributed by atoms with E-state index in [4.69, 9.17) is 10.5 Å². The Morgan fingerprint density at radius 1 is 1.43 bits per heavy atom. The van der Waals surface area contributed by atoms with E-state index in [-0.39, 0.29) is 5.91 Å². The van der Waals surface area contributed by atoms with Crippen LogP contribution in [0.1, 0.15) is 39.5 Å². The highest BCUT2D eigenvalue weighted by molar-refractivity contribution is 8.00. The monoisotopic (exact) mass is 314 g/mol. The Kier molecular flexibility index (Phi) is 8.45. The van der Waals surface area contributed by atoms with E-state index in [1.165, 1.54) is 18.2 Å². The Morgan fingerprint density at radius 3 is 2.76 bits per heavy atom. The zero-order chi connectivity index (χ0) is 15.7. The fourth-order valence-electron chi connectivity index (χ4n) is 2.27. The molecule has 21 heavy (non-hydrogen) atoms. The quantitative estimate of drug-likeness (QED) is 0.693. The molecule has 0 aromatic carbocycles. The lowest BCUT2D eigenvalue weighted by Crippen LogP contribution is -2.36. The molecule has 0 spiro atoms. The normalized spacial score (nSPS) is 16.0. The molecule has 2 N–H and O–H groups in total. The lowest BCUT2D eigenvalue weighted by atomic mass is 10.0. The Labute approximate surface area is 131 Å². The average Bonchev–Trinajstić information content (AvgIpc) is 2.49. The molecule has 0 fully saturated rings. The summed E-state index contributed by atoms with van der Waals surface area (Å²) in [7, 11) is 0. The number of amides is 1. The number of carbonyl (C=O) groups excluding carboxylic acids is 2. The van der Waals surface area contributed by atoms with Crippen LogP contribution in [0, 0.1) is 0 Å². The van der Waals surface area contributed by atoms with Crippen molar-refractivity contribution in [2.24, 2.45) is 5.73 Å². The fraction of sp³-hybridized carbons (Fsp3) is 0.733. The van der Waals surface area contributed by atoms with E-state index in [0.717, 1.165) is 25.0 Å². The molecular formula is C15H26N2O3S. The van der Waals surface area contributed by atoms with Gasteiger partial charge >= 0.3 is 5.97 Å². The molecular weight excluding hydrogens is 288 g/mol. The number of thioether (sulfide) groups is 1. The number of rotatable bonds is 8. The Bertz CT molecular complexity index is 385. The van der Waals surface area contributed by atoms with Crippen molar-refractivity contribution in [3.05, 3.63) is 11.8 Å². The summed E-state index contributed by atoms with van der Waals surface area (Å²) in [6.07, 6.45) is 6.56. The molecule has 5 nitrogen and oxygen atoms in total. The third-order valence-electron chi connectivity index (χ3n) is 3.34. The van der Waals surface area contributed by atoms with Crippen LogP contribution >= 0.6 is 11.8 Å². The van der Waals surface area contributed by atoms with E-state index in [1.54, 1.807) is 6.92 Å². The van der Waals surface area contributed by atoms with Crippen LogP contribution in [0.25, 0.3) is 0 Å². The molecule has 0 saturated heterocycles. The lowest BCUT2D eigenvalue weighted by Gasteiger charge is -2.26. The number of esters is 1. The highest BCUT2D eigenvalue weighted by atomic mass is 32.2. The predicted octanol–water partition coefficient (Wildman–Crippen LogP) is 1.92. The molecule has 0 aromatic rings. The lowest BCUT2D eigenvalue weighted by molar-refractivity contribution is -0.144. The fourth-order valence-corrected chi connectivity index (χ4v) is 3.11. The first-order valence-corrected chi connectivity index (χ1v) is 8.75. The van der Waals surface area contributed by atoms with Gasteiger partial charge in [-0.3, -0.25) is 9.59 Å². The SMILES string of the molecule is CCOC(=O)C(N)CSCC(=O)N(CC)C1=CCCCC1. The molecule has 1 atom stereocenters. The minimum Gasteiger partial charge on any atom is -0.465 e. The first-order chi connectivity index (χ1) is 10.1. The van der Waals surface area contributed by atoms with E-state index in [1.807, 2.05) is 11.8 Å². The molecule has 1 amide bonds. The van der Waals surface area contributed by atoms with Gasteiger partial charge in [0.05, 0.1) is 12.4 Å². The van der Waals surface area contributed by atoms with Gasteiger partial charge in [-0.25, -0.2) is 0 Å². The maximum atomic E-state index is 12.3. The second-order valence-electron chi connectivity index (χ2n) is 4.95. The Morgan fingerprint density at radius 2 is 2.19 bits per heavy atom. The van der Waals surface area contributed by atoms with E-state index in [9.17, 15) is 9.59 Å². The molecule has 0 aliphatic heterocycles. The molecule has 0 aromatic heterocycles. The van der Waals surface area contributed by atoms with Crippen molar-refractivity contribution in [2.45, 2.75) is 45.6 Å². The van der Waals surface area contributed by atoms with Crippen LogP contribution in [0.5, 0.6) is 0 Å². The van der Waals surface area contributed by atoms with Gasteiger partial charge in [-0.05, 0) is 39.5 Å². The molecule has 1 aliphatic carbocycles. The van der Waals surface area contributed by atoms with Crippen molar-refractivity contribution < 1.29 is 14.3 Å². The number of nitrogens with zero attached hydrogens (tertiary/aromatic N) is 1. The van der Waals surface area contributed by atoms with Crippen LogP contribution in [-0.2, 0) is 14.3 Å². The largest absolute Gasteiger partial charge is 0.465 e. The van der Waals surface area contributed by atoms with Gasteiger partial charge in [0, 0.05) is 18.0 Å². The van der Waals surface area contributed by atoms with Crippen LogP contribution in [0.3, 0.4) is 0 Å². The molecule has 1 unspecified atom stereocenters. The molecule has 0 saturated carbocycles. The minimum atomic E-state index is -0.660. The van der Waals surface area contributed by atoms with Gasteiger partial charge in [-0.1, -0.05) is 6.08 Å².